The van der Waals surface area contributed by atoms with Crippen LogP contribution >= 0.6 is 11.6 Å². The summed E-state index contributed by atoms with van der Waals surface area (Å²) in [6.07, 6.45) is 6.81. The van der Waals surface area contributed by atoms with Crippen LogP contribution in [0.15, 0.2) is 18.2 Å². The molecule has 0 aromatic heterocycles. The lowest BCUT2D eigenvalue weighted by Gasteiger charge is -2.34. The van der Waals surface area contributed by atoms with Crippen LogP contribution in [0.3, 0.4) is 0 Å². The van der Waals surface area contributed by atoms with E-state index in [1.807, 2.05) is 6.07 Å². The van der Waals surface area contributed by atoms with Crippen LogP contribution in [0.5, 0.6) is 0 Å². The van der Waals surface area contributed by atoms with Gasteiger partial charge in [-0.2, -0.15) is 0 Å². The van der Waals surface area contributed by atoms with Crippen LogP contribution in [0.2, 0.25) is 5.02 Å². The Kier molecular flexibility index (Phi) is 5.29. The van der Waals surface area contributed by atoms with Gasteiger partial charge in [0.1, 0.15) is 0 Å². The highest BCUT2D eigenvalue weighted by Crippen LogP contribution is 2.38. The number of hydrogen-bond acceptors (Lipinski definition) is 1. The van der Waals surface area contributed by atoms with E-state index >= 15 is 0 Å². The van der Waals surface area contributed by atoms with E-state index in [-0.39, 0.29) is 0 Å². The summed E-state index contributed by atoms with van der Waals surface area (Å²) in [6.45, 7) is 4.45. The molecule has 3 unspecified atom stereocenters. The van der Waals surface area contributed by atoms with Crippen LogP contribution in [0.25, 0.3) is 0 Å². The van der Waals surface area contributed by atoms with Crippen molar-refractivity contribution in [2.75, 3.05) is 7.05 Å². The van der Waals surface area contributed by atoms with E-state index in [0.717, 1.165) is 16.9 Å². The quantitative estimate of drug-likeness (QED) is 0.806. The van der Waals surface area contributed by atoms with Crippen molar-refractivity contribution < 1.29 is 0 Å². The average Bonchev–Trinajstić information content (AvgIpc) is 2.39. The van der Waals surface area contributed by atoms with Gasteiger partial charge in [-0.05, 0) is 61.9 Å². The third-order valence-electron chi connectivity index (χ3n) is 4.61. The lowest BCUT2D eigenvalue weighted by Crippen LogP contribution is -2.29. The normalized spacial score (nSPS) is 25.3. The zero-order valence-electron chi connectivity index (χ0n) is 12.4. The fraction of sp³-hybridized carbons (Fsp3) is 0.647. The van der Waals surface area contributed by atoms with Gasteiger partial charge in [-0.3, -0.25) is 0 Å². The number of benzene rings is 1. The van der Waals surface area contributed by atoms with E-state index in [1.165, 1.54) is 43.2 Å². The second kappa shape index (κ2) is 6.76. The zero-order valence-corrected chi connectivity index (χ0v) is 13.1. The first-order valence-electron chi connectivity index (χ1n) is 7.58. The molecule has 1 saturated carbocycles. The lowest BCUT2D eigenvalue weighted by molar-refractivity contribution is 0.214. The molecule has 1 fully saturated rings. The Labute approximate surface area is 122 Å². The SMILES string of the molecule is CCC1CCCC(C(NC)c2cc(C)cc(Cl)c2)C1. The van der Waals surface area contributed by atoms with E-state index in [1.54, 1.807) is 0 Å². The molecule has 0 amide bonds. The molecule has 2 rings (SSSR count). The van der Waals surface area contributed by atoms with Crippen molar-refractivity contribution in [3.05, 3.63) is 34.3 Å². The molecule has 0 radical (unpaired) electrons. The first kappa shape index (κ1) is 14.9. The molecule has 2 heteroatoms. The third kappa shape index (κ3) is 3.73. The van der Waals surface area contributed by atoms with E-state index in [0.29, 0.717) is 6.04 Å². The van der Waals surface area contributed by atoms with Crippen LogP contribution in [-0.2, 0) is 0 Å². The van der Waals surface area contributed by atoms with Crippen LogP contribution in [-0.4, -0.2) is 7.05 Å². The van der Waals surface area contributed by atoms with Crippen LogP contribution in [0.1, 0.15) is 56.2 Å². The maximum absolute atomic E-state index is 6.22. The van der Waals surface area contributed by atoms with Gasteiger partial charge in [0.2, 0.25) is 0 Å². The first-order valence-corrected chi connectivity index (χ1v) is 7.96. The van der Waals surface area contributed by atoms with Crippen molar-refractivity contribution in [2.24, 2.45) is 11.8 Å². The van der Waals surface area contributed by atoms with Crippen molar-refractivity contribution in [1.29, 1.82) is 0 Å². The lowest BCUT2D eigenvalue weighted by atomic mass is 9.75. The molecule has 3 atom stereocenters. The van der Waals surface area contributed by atoms with Crippen molar-refractivity contribution in [2.45, 2.75) is 52.0 Å². The predicted octanol–water partition coefficient (Wildman–Crippen LogP) is 5.13. The zero-order chi connectivity index (χ0) is 13.8. The van der Waals surface area contributed by atoms with Gasteiger partial charge in [-0.25, -0.2) is 0 Å². The minimum Gasteiger partial charge on any atom is -0.313 e. The van der Waals surface area contributed by atoms with Crippen LogP contribution < -0.4 is 5.32 Å². The fourth-order valence-corrected chi connectivity index (χ4v) is 3.92. The minimum atomic E-state index is 0.451. The van der Waals surface area contributed by atoms with Gasteiger partial charge in [-0.1, -0.05) is 43.9 Å². The molecule has 106 valence electrons. The maximum atomic E-state index is 6.22. The number of rotatable bonds is 4. The molecular weight excluding hydrogens is 254 g/mol. The molecule has 0 bridgehead atoms. The van der Waals surface area contributed by atoms with Crippen LogP contribution in [0.4, 0.5) is 0 Å². The first-order chi connectivity index (χ1) is 9.13. The second-order valence-electron chi connectivity index (χ2n) is 6.03. The Bertz CT molecular complexity index is 395. The summed E-state index contributed by atoms with van der Waals surface area (Å²) >= 11 is 6.22. The maximum Gasteiger partial charge on any atom is 0.0411 e. The summed E-state index contributed by atoms with van der Waals surface area (Å²) in [4.78, 5) is 0. The van der Waals surface area contributed by atoms with E-state index < -0.39 is 0 Å². The van der Waals surface area contributed by atoms with Gasteiger partial charge in [0.15, 0.2) is 0 Å². The number of hydrogen-bond donors (Lipinski definition) is 1. The van der Waals surface area contributed by atoms with Gasteiger partial charge in [0, 0.05) is 11.1 Å². The summed E-state index contributed by atoms with van der Waals surface area (Å²) in [6, 6.07) is 6.90. The van der Waals surface area contributed by atoms with Gasteiger partial charge in [0.05, 0.1) is 0 Å². The molecule has 1 N–H and O–H groups in total. The van der Waals surface area contributed by atoms with Crippen LogP contribution in [0, 0.1) is 18.8 Å². The van der Waals surface area contributed by atoms with Crippen molar-refractivity contribution in [3.8, 4) is 0 Å². The Morgan fingerprint density at radius 3 is 2.74 bits per heavy atom. The Morgan fingerprint density at radius 1 is 1.32 bits per heavy atom. The van der Waals surface area contributed by atoms with Gasteiger partial charge >= 0.3 is 0 Å². The molecule has 1 aromatic rings. The highest BCUT2D eigenvalue weighted by molar-refractivity contribution is 6.30. The molecule has 1 aliphatic rings. The monoisotopic (exact) mass is 279 g/mol. The molecule has 1 aromatic carbocycles. The molecule has 1 aliphatic carbocycles. The number of aryl methyl sites for hydroxylation is 1. The third-order valence-corrected chi connectivity index (χ3v) is 4.82. The average molecular weight is 280 g/mol. The number of nitrogens with one attached hydrogen (secondary N) is 1. The predicted molar refractivity (Wildman–Crippen MR) is 83.7 cm³/mol. The van der Waals surface area contributed by atoms with E-state index in [2.05, 4.69) is 38.3 Å². The second-order valence-corrected chi connectivity index (χ2v) is 6.47. The molecule has 0 saturated heterocycles. The smallest absolute Gasteiger partial charge is 0.0411 e. The Morgan fingerprint density at radius 2 is 2.11 bits per heavy atom. The Hall–Kier alpha value is -0.530. The highest BCUT2D eigenvalue weighted by Gasteiger charge is 2.28. The van der Waals surface area contributed by atoms with Gasteiger partial charge in [-0.15, -0.1) is 0 Å². The number of halogens is 1. The summed E-state index contributed by atoms with van der Waals surface area (Å²) in [5, 5.41) is 4.39. The van der Waals surface area contributed by atoms with Gasteiger partial charge < -0.3 is 5.32 Å². The topological polar surface area (TPSA) is 12.0 Å². The minimum absolute atomic E-state index is 0.451. The summed E-state index contributed by atoms with van der Waals surface area (Å²) in [7, 11) is 2.08. The Balaban J connectivity index is 2.18. The standard InChI is InChI=1S/C17H26ClN/c1-4-13-6-5-7-14(10-13)17(19-3)15-8-12(2)9-16(18)11-15/h8-9,11,13-14,17,19H,4-7,10H2,1-3H3. The molecule has 1 nitrogen and oxygen atoms in total. The largest absolute Gasteiger partial charge is 0.313 e. The molecule has 0 aliphatic heterocycles. The summed E-state index contributed by atoms with van der Waals surface area (Å²) < 4.78 is 0. The van der Waals surface area contributed by atoms with Crippen molar-refractivity contribution in [1.82, 2.24) is 5.32 Å². The highest BCUT2D eigenvalue weighted by atomic mass is 35.5. The molecular formula is C17H26ClN. The van der Waals surface area contributed by atoms with E-state index in [9.17, 15) is 0 Å². The van der Waals surface area contributed by atoms with Crippen molar-refractivity contribution >= 4 is 11.6 Å². The molecule has 19 heavy (non-hydrogen) atoms. The van der Waals surface area contributed by atoms with E-state index in [4.69, 9.17) is 11.6 Å². The van der Waals surface area contributed by atoms with Crippen molar-refractivity contribution in [3.63, 3.8) is 0 Å². The molecule has 0 heterocycles. The van der Waals surface area contributed by atoms with Gasteiger partial charge in [0.25, 0.3) is 0 Å². The molecule has 0 spiro atoms. The summed E-state index contributed by atoms with van der Waals surface area (Å²) in [5.41, 5.74) is 2.61. The summed E-state index contributed by atoms with van der Waals surface area (Å²) in [5.74, 6) is 1.66. The fourth-order valence-electron chi connectivity index (χ4n) is 3.62.